The molecule has 2 aromatic heterocycles. The zero-order valence-corrected chi connectivity index (χ0v) is 34.0. The molecular formula is C41H62N5O9P. The van der Waals surface area contributed by atoms with Crippen LogP contribution in [0.2, 0.25) is 0 Å². The number of benzene rings is 1. The molecule has 3 aromatic rings. The molecule has 15 heteroatoms. The Morgan fingerprint density at radius 2 is 1.55 bits per heavy atom. The maximum Gasteiger partial charge on any atom is 0.472 e. The summed E-state index contributed by atoms with van der Waals surface area (Å²) in [6.45, 7) is 4.45. The monoisotopic (exact) mass is 799 g/mol. The van der Waals surface area contributed by atoms with Crippen LogP contribution in [-0.2, 0) is 40.0 Å². The fourth-order valence-corrected chi connectivity index (χ4v) is 8.56. The molecule has 2 fully saturated rings. The van der Waals surface area contributed by atoms with Gasteiger partial charge in [-0.1, -0.05) is 134 Å². The van der Waals surface area contributed by atoms with Crippen LogP contribution in [0.3, 0.4) is 0 Å². The predicted octanol–water partition coefficient (Wildman–Crippen LogP) is 7.29. The van der Waals surface area contributed by atoms with Gasteiger partial charge in [0.1, 0.15) is 41.8 Å². The molecule has 2 unspecified atom stereocenters. The average Bonchev–Trinajstić information content (AvgIpc) is 3.43. The van der Waals surface area contributed by atoms with E-state index in [-0.39, 0.29) is 31.3 Å². The minimum absolute atomic E-state index is 0.0976. The summed E-state index contributed by atoms with van der Waals surface area (Å²) in [5.41, 5.74) is 1.92. The van der Waals surface area contributed by atoms with Gasteiger partial charge < -0.3 is 35.1 Å². The molecule has 1 saturated carbocycles. The number of ether oxygens (including phenoxy) is 3. The van der Waals surface area contributed by atoms with Gasteiger partial charge in [0.05, 0.1) is 25.5 Å². The number of phosphoric ester groups is 1. The van der Waals surface area contributed by atoms with E-state index in [9.17, 15) is 24.9 Å². The van der Waals surface area contributed by atoms with Crippen molar-refractivity contribution in [3.05, 3.63) is 60.0 Å². The van der Waals surface area contributed by atoms with E-state index in [1.807, 2.05) is 36.4 Å². The molecule has 56 heavy (non-hydrogen) atoms. The Morgan fingerprint density at radius 1 is 0.946 bits per heavy atom. The van der Waals surface area contributed by atoms with Crippen LogP contribution in [0.4, 0.5) is 5.82 Å². The van der Waals surface area contributed by atoms with Crippen LogP contribution in [0.15, 0.2) is 48.8 Å². The number of unbranched alkanes of at least 4 members (excludes halogenated alkanes) is 15. The highest BCUT2D eigenvalue weighted by atomic mass is 31.2. The maximum atomic E-state index is 13.2. The van der Waals surface area contributed by atoms with E-state index in [4.69, 9.17) is 29.0 Å². The first kappa shape index (κ1) is 44.1. The lowest BCUT2D eigenvalue weighted by atomic mass is 9.90. The third-order valence-electron chi connectivity index (χ3n) is 11.0. The molecule has 5 rings (SSSR count). The SMILES string of the molecule is CCCCCCCCCCCCCCCCCCOC[C@](C)(COP(=O)(O)OC1[C@H]2O[C@@](C#N)(c3ccc4c(N)ncnn34)[C@H](O)[C@@]12O)OCc1ccccc1. The molecule has 7 atom stereocenters. The van der Waals surface area contributed by atoms with E-state index >= 15 is 0 Å². The van der Waals surface area contributed by atoms with E-state index in [1.54, 1.807) is 13.0 Å². The zero-order chi connectivity index (χ0) is 40.1. The van der Waals surface area contributed by atoms with Gasteiger partial charge in [0, 0.05) is 6.61 Å². The lowest BCUT2D eigenvalue weighted by Crippen LogP contribution is -2.47. The fraction of sp³-hybridized carbons (Fsp3) is 0.683. The number of hydrogen-bond acceptors (Lipinski definition) is 12. The highest BCUT2D eigenvalue weighted by Gasteiger charge is 2.83. The first-order valence-corrected chi connectivity index (χ1v) is 22.0. The third kappa shape index (κ3) is 11.2. The largest absolute Gasteiger partial charge is 0.472 e. The predicted molar refractivity (Wildman–Crippen MR) is 211 cm³/mol. The first-order chi connectivity index (χ1) is 27.0. The highest BCUT2D eigenvalue weighted by Crippen LogP contribution is 2.63. The van der Waals surface area contributed by atoms with Crippen molar-refractivity contribution in [2.75, 3.05) is 25.6 Å². The molecule has 3 heterocycles. The molecule has 1 aliphatic heterocycles. The number of nitrogens with zero attached hydrogens (tertiary/aromatic N) is 4. The summed E-state index contributed by atoms with van der Waals surface area (Å²) < 4.78 is 43.4. The molecule has 1 saturated heterocycles. The third-order valence-corrected chi connectivity index (χ3v) is 12.0. The Bertz CT molecular complexity index is 1740. The summed E-state index contributed by atoms with van der Waals surface area (Å²) >= 11 is 0. The first-order valence-electron chi connectivity index (χ1n) is 20.5. The number of nitriles is 1. The number of aromatic nitrogens is 3. The highest BCUT2D eigenvalue weighted by molar-refractivity contribution is 7.47. The average molecular weight is 800 g/mol. The van der Waals surface area contributed by atoms with Crippen molar-refractivity contribution in [3.63, 3.8) is 0 Å². The second kappa shape index (κ2) is 20.6. The summed E-state index contributed by atoms with van der Waals surface area (Å²) in [5.74, 6) is 0.139. The van der Waals surface area contributed by atoms with Gasteiger partial charge in [-0.3, -0.25) is 9.05 Å². The number of fused-ring (bicyclic) bond motifs is 2. The minimum Gasteiger partial charge on any atom is -0.385 e. The van der Waals surface area contributed by atoms with Crippen molar-refractivity contribution >= 4 is 19.2 Å². The van der Waals surface area contributed by atoms with Crippen LogP contribution in [0.5, 0.6) is 0 Å². The van der Waals surface area contributed by atoms with Crippen LogP contribution >= 0.6 is 7.82 Å². The van der Waals surface area contributed by atoms with Gasteiger partial charge in [0.2, 0.25) is 5.60 Å². The molecule has 0 amide bonds. The van der Waals surface area contributed by atoms with E-state index in [1.165, 1.54) is 100 Å². The van der Waals surface area contributed by atoms with Gasteiger partial charge in [-0.15, -0.1) is 0 Å². The number of phosphoric acid groups is 1. The summed E-state index contributed by atoms with van der Waals surface area (Å²) in [4.78, 5) is 14.7. The lowest BCUT2D eigenvalue weighted by molar-refractivity contribution is -0.124. The van der Waals surface area contributed by atoms with Crippen molar-refractivity contribution in [1.82, 2.24) is 14.6 Å². The summed E-state index contributed by atoms with van der Waals surface area (Å²) in [6, 6.07) is 14.5. The summed E-state index contributed by atoms with van der Waals surface area (Å²) in [5, 5.41) is 36.9. The standard InChI is InChI=1S/C41H62N5O9P/c1-3-4-5-6-7-8-9-10-11-12-13-14-15-16-17-21-26-51-29-39(2,52-27-32-22-19-18-20-23-32)30-53-56(49,50)55-36-35-41(36,48)38(47)40(28-42,54-35)34-25-24-33-37(43)44-31-45-46(33)34/h18-20,22-25,31,35-36,38,47-48H,3-17,21,26-27,29-30H2,1-2H3,(H,49,50)(H2,43,44,45)/t35-,36?,38+,39-,40+,41+/m1/s1. The second-order valence-corrected chi connectivity index (χ2v) is 17.1. The smallest absolute Gasteiger partial charge is 0.385 e. The molecule has 1 aromatic carbocycles. The second-order valence-electron chi connectivity index (χ2n) is 15.7. The number of nitrogen functional groups attached to an aromatic ring is 1. The number of hydrogen-bond donors (Lipinski definition) is 4. The Balaban J connectivity index is 1.03. The van der Waals surface area contributed by atoms with Gasteiger partial charge in [-0.05, 0) is 31.0 Å². The van der Waals surface area contributed by atoms with Crippen LogP contribution in [0.1, 0.15) is 128 Å². The maximum absolute atomic E-state index is 13.2. The molecular weight excluding hydrogens is 737 g/mol. The number of aliphatic hydroxyl groups is 2. The fourth-order valence-electron chi connectivity index (χ4n) is 7.50. The topological polar surface area (TPSA) is 204 Å². The quantitative estimate of drug-likeness (QED) is 0.0421. The van der Waals surface area contributed by atoms with Crippen molar-refractivity contribution in [3.8, 4) is 6.07 Å². The number of rotatable bonds is 28. The van der Waals surface area contributed by atoms with Gasteiger partial charge in [-0.2, -0.15) is 10.4 Å². The van der Waals surface area contributed by atoms with Crippen molar-refractivity contribution < 1.29 is 42.9 Å². The molecule has 14 nitrogen and oxygen atoms in total. The van der Waals surface area contributed by atoms with E-state index in [2.05, 4.69) is 17.0 Å². The minimum atomic E-state index is -4.85. The van der Waals surface area contributed by atoms with Gasteiger partial charge in [-0.25, -0.2) is 14.1 Å². The Hall–Kier alpha value is -2.96. The lowest BCUT2D eigenvalue weighted by Gasteiger charge is -2.31. The van der Waals surface area contributed by atoms with Crippen LogP contribution in [0.25, 0.3) is 5.52 Å². The summed E-state index contributed by atoms with van der Waals surface area (Å²) in [7, 11) is -4.85. The van der Waals surface area contributed by atoms with Crippen molar-refractivity contribution in [2.45, 2.75) is 158 Å². The zero-order valence-electron chi connectivity index (χ0n) is 33.1. The van der Waals surface area contributed by atoms with E-state index < -0.39 is 42.9 Å². The van der Waals surface area contributed by atoms with Crippen LogP contribution in [0, 0.1) is 11.3 Å². The molecule has 5 N–H and O–H groups in total. The number of anilines is 1. The van der Waals surface area contributed by atoms with Crippen LogP contribution in [-0.4, -0.2) is 79.0 Å². The Kier molecular flexibility index (Phi) is 16.3. The van der Waals surface area contributed by atoms with Crippen molar-refractivity contribution in [1.29, 1.82) is 5.26 Å². The molecule has 0 spiro atoms. The molecule has 0 radical (unpaired) electrons. The van der Waals surface area contributed by atoms with Gasteiger partial charge in [0.15, 0.2) is 11.4 Å². The van der Waals surface area contributed by atoms with Crippen molar-refractivity contribution in [2.24, 2.45) is 0 Å². The number of nitrogens with two attached hydrogens (primary N) is 1. The summed E-state index contributed by atoms with van der Waals surface area (Å²) in [6.07, 6.45) is 17.1. The number of aliphatic hydroxyl groups excluding tert-OH is 1. The Morgan fingerprint density at radius 3 is 2.12 bits per heavy atom. The Labute approximate surface area is 331 Å². The van der Waals surface area contributed by atoms with Crippen LogP contribution < -0.4 is 5.73 Å². The van der Waals surface area contributed by atoms with Gasteiger partial charge >= 0.3 is 7.82 Å². The van der Waals surface area contributed by atoms with E-state index in [0.29, 0.717) is 12.1 Å². The molecule has 0 bridgehead atoms. The van der Waals surface area contributed by atoms with E-state index in [0.717, 1.165) is 24.8 Å². The normalized spacial score (nSPS) is 25.1. The molecule has 2 aliphatic rings. The molecule has 310 valence electrons. The van der Waals surface area contributed by atoms with Gasteiger partial charge in [0.25, 0.3) is 0 Å². The molecule has 1 aliphatic carbocycles.